The molecule has 0 radical (unpaired) electrons. The quantitative estimate of drug-likeness (QED) is 0.658. The summed E-state index contributed by atoms with van der Waals surface area (Å²) in [5, 5.41) is 10.5. The molecule has 0 saturated carbocycles. The molecule has 0 fully saturated rings. The summed E-state index contributed by atoms with van der Waals surface area (Å²) in [4.78, 5) is 12.3. The predicted molar refractivity (Wildman–Crippen MR) is 79.1 cm³/mol. The van der Waals surface area contributed by atoms with E-state index in [4.69, 9.17) is 11.6 Å². The maximum atomic E-state index is 12.8. The van der Waals surface area contributed by atoms with Crippen molar-refractivity contribution < 1.29 is 14.3 Å². The minimum Gasteiger partial charge on any atom is -0.507 e. The first-order valence-corrected chi connectivity index (χ1v) is 7.24. The number of ketones is 1. The lowest BCUT2D eigenvalue weighted by Gasteiger charge is -2.09. The maximum absolute atomic E-state index is 12.8. The number of carbonyl (C=O) groups is 1. The first-order valence-electron chi connectivity index (χ1n) is 5.88. The molecule has 0 amide bonds. The standard InChI is InChI=1S/C15H12ClFO2S/c1-9(18)14-7-11(16)6-10(15(14)19)8-20-13-4-2-12(17)3-5-13/h2-7,19H,8H2,1H3. The first kappa shape index (κ1) is 14.9. The Labute approximate surface area is 125 Å². The van der Waals surface area contributed by atoms with Gasteiger partial charge in [0.25, 0.3) is 0 Å². The van der Waals surface area contributed by atoms with E-state index in [1.807, 2.05) is 0 Å². The molecule has 2 aromatic rings. The largest absolute Gasteiger partial charge is 0.507 e. The van der Waals surface area contributed by atoms with Gasteiger partial charge >= 0.3 is 0 Å². The van der Waals surface area contributed by atoms with Crippen molar-refractivity contribution in [3.05, 3.63) is 58.4 Å². The number of phenolic OH excluding ortho intramolecular Hbond substituents is 1. The van der Waals surface area contributed by atoms with Gasteiger partial charge in [-0.25, -0.2) is 4.39 Å². The molecule has 0 aliphatic rings. The van der Waals surface area contributed by atoms with Gasteiger partial charge in [0, 0.05) is 21.2 Å². The van der Waals surface area contributed by atoms with E-state index in [1.165, 1.54) is 36.9 Å². The van der Waals surface area contributed by atoms with Gasteiger partial charge in [-0.05, 0) is 43.3 Å². The fourth-order valence-corrected chi connectivity index (χ4v) is 2.84. The number of phenols is 1. The van der Waals surface area contributed by atoms with Crippen LogP contribution in [-0.2, 0) is 5.75 Å². The second-order valence-electron chi connectivity index (χ2n) is 4.26. The van der Waals surface area contributed by atoms with Crippen LogP contribution in [0.2, 0.25) is 5.02 Å². The molecule has 104 valence electrons. The molecule has 0 aliphatic heterocycles. The van der Waals surface area contributed by atoms with Gasteiger partial charge in [-0.3, -0.25) is 4.79 Å². The molecular formula is C15H12ClFO2S. The second kappa shape index (κ2) is 6.29. The van der Waals surface area contributed by atoms with Gasteiger partial charge in [-0.15, -0.1) is 11.8 Å². The van der Waals surface area contributed by atoms with E-state index in [0.29, 0.717) is 16.3 Å². The number of rotatable bonds is 4. The summed E-state index contributed by atoms with van der Waals surface area (Å²) in [5.41, 5.74) is 0.796. The van der Waals surface area contributed by atoms with Gasteiger partial charge in [0.2, 0.25) is 0 Å². The minimum absolute atomic E-state index is 0.0449. The molecule has 0 unspecified atom stereocenters. The third kappa shape index (κ3) is 3.52. The Morgan fingerprint density at radius 1 is 1.30 bits per heavy atom. The number of carbonyl (C=O) groups excluding carboxylic acids is 1. The molecule has 0 spiro atoms. The van der Waals surface area contributed by atoms with Crippen molar-refractivity contribution in [1.82, 2.24) is 0 Å². The normalized spacial score (nSPS) is 10.6. The van der Waals surface area contributed by atoms with Crippen LogP contribution in [-0.4, -0.2) is 10.9 Å². The number of hydrogen-bond donors (Lipinski definition) is 1. The third-order valence-corrected chi connectivity index (χ3v) is 4.02. The van der Waals surface area contributed by atoms with Crippen LogP contribution in [0.1, 0.15) is 22.8 Å². The van der Waals surface area contributed by atoms with Crippen molar-refractivity contribution in [3.63, 3.8) is 0 Å². The lowest BCUT2D eigenvalue weighted by Crippen LogP contribution is -1.96. The second-order valence-corrected chi connectivity index (χ2v) is 5.75. The Bertz CT molecular complexity index is 641. The molecule has 1 N–H and O–H groups in total. The summed E-state index contributed by atoms with van der Waals surface area (Å²) in [6.45, 7) is 1.38. The molecule has 2 aromatic carbocycles. The monoisotopic (exact) mass is 310 g/mol. The van der Waals surface area contributed by atoms with E-state index < -0.39 is 0 Å². The lowest BCUT2D eigenvalue weighted by atomic mass is 10.1. The van der Waals surface area contributed by atoms with Crippen LogP contribution in [0.15, 0.2) is 41.3 Å². The number of Topliss-reactive ketones (excluding diaryl/α,β-unsaturated/α-hetero) is 1. The average molecular weight is 311 g/mol. The van der Waals surface area contributed by atoms with Crippen LogP contribution in [0.3, 0.4) is 0 Å². The van der Waals surface area contributed by atoms with Crippen molar-refractivity contribution in [2.75, 3.05) is 0 Å². The topological polar surface area (TPSA) is 37.3 Å². The molecule has 0 aliphatic carbocycles. The van der Waals surface area contributed by atoms with Crippen LogP contribution < -0.4 is 0 Å². The van der Waals surface area contributed by atoms with Gasteiger partial charge in [0.15, 0.2) is 5.78 Å². The van der Waals surface area contributed by atoms with Gasteiger partial charge in [0.1, 0.15) is 11.6 Å². The van der Waals surface area contributed by atoms with Crippen LogP contribution in [0.25, 0.3) is 0 Å². The number of halogens is 2. The molecule has 0 saturated heterocycles. The zero-order chi connectivity index (χ0) is 14.7. The summed E-state index contributed by atoms with van der Waals surface area (Å²) < 4.78 is 12.8. The number of benzene rings is 2. The van der Waals surface area contributed by atoms with Crippen LogP contribution in [0.5, 0.6) is 5.75 Å². The highest BCUT2D eigenvalue weighted by Gasteiger charge is 2.13. The molecular weight excluding hydrogens is 299 g/mol. The predicted octanol–water partition coefficient (Wildman–Crippen LogP) is 4.68. The van der Waals surface area contributed by atoms with E-state index >= 15 is 0 Å². The van der Waals surface area contributed by atoms with E-state index in [0.717, 1.165) is 4.90 Å². The highest BCUT2D eigenvalue weighted by Crippen LogP contribution is 2.32. The maximum Gasteiger partial charge on any atom is 0.163 e. The van der Waals surface area contributed by atoms with Crippen LogP contribution >= 0.6 is 23.4 Å². The Morgan fingerprint density at radius 2 is 1.95 bits per heavy atom. The summed E-state index contributed by atoms with van der Waals surface area (Å²) in [6, 6.07) is 9.15. The summed E-state index contributed by atoms with van der Waals surface area (Å²) in [6.07, 6.45) is 0. The van der Waals surface area contributed by atoms with E-state index in [2.05, 4.69) is 0 Å². The fraction of sp³-hybridized carbons (Fsp3) is 0.133. The van der Waals surface area contributed by atoms with Crippen molar-refractivity contribution in [2.24, 2.45) is 0 Å². The Balaban J connectivity index is 2.21. The van der Waals surface area contributed by atoms with Gasteiger partial charge in [-0.1, -0.05) is 11.6 Å². The van der Waals surface area contributed by atoms with E-state index in [1.54, 1.807) is 18.2 Å². The SMILES string of the molecule is CC(=O)c1cc(Cl)cc(CSc2ccc(F)cc2)c1O. The van der Waals surface area contributed by atoms with Crippen molar-refractivity contribution in [2.45, 2.75) is 17.6 Å². The zero-order valence-corrected chi connectivity index (χ0v) is 12.3. The number of thioether (sulfide) groups is 1. The molecule has 5 heteroatoms. The number of hydrogen-bond acceptors (Lipinski definition) is 3. The molecule has 2 rings (SSSR count). The zero-order valence-electron chi connectivity index (χ0n) is 10.7. The molecule has 0 bridgehead atoms. The summed E-state index contributed by atoms with van der Waals surface area (Å²) in [5.74, 6) is -0.133. The molecule has 0 heterocycles. The van der Waals surface area contributed by atoms with Gasteiger partial charge in [-0.2, -0.15) is 0 Å². The average Bonchev–Trinajstić information content (AvgIpc) is 2.41. The Morgan fingerprint density at radius 3 is 2.55 bits per heavy atom. The molecule has 20 heavy (non-hydrogen) atoms. The minimum atomic E-state index is -0.293. The number of aromatic hydroxyl groups is 1. The summed E-state index contributed by atoms with van der Waals surface area (Å²) >= 11 is 7.38. The highest BCUT2D eigenvalue weighted by molar-refractivity contribution is 7.98. The lowest BCUT2D eigenvalue weighted by molar-refractivity contribution is 0.101. The van der Waals surface area contributed by atoms with Crippen molar-refractivity contribution in [3.8, 4) is 5.75 Å². The third-order valence-electron chi connectivity index (χ3n) is 2.74. The van der Waals surface area contributed by atoms with Gasteiger partial charge < -0.3 is 5.11 Å². The van der Waals surface area contributed by atoms with Crippen molar-refractivity contribution in [1.29, 1.82) is 0 Å². The van der Waals surface area contributed by atoms with Gasteiger partial charge in [0.05, 0.1) is 5.56 Å². The van der Waals surface area contributed by atoms with Crippen LogP contribution in [0, 0.1) is 5.82 Å². The highest BCUT2D eigenvalue weighted by atomic mass is 35.5. The van der Waals surface area contributed by atoms with Crippen molar-refractivity contribution >= 4 is 29.1 Å². The Kier molecular flexibility index (Phi) is 4.68. The van der Waals surface area contributed by atoms with E-state index in [-0.39, 0.29) is 22.9 Å². The van der Waals surface area contributed by atoms with Crippen LogP contribution in [0.4, 0.5) is 4.39 Å². The first-order chi connectivity index (χ1) is 9.47. The molecule has 0 aromatic heterocycles. The summed E-state index contributed by atoms with van der Waals surface area (Å²) in [7, 11) is 0. The fourth-order valence-electron chi connectivity index (χ4n) is 1.73. The molecule has 2 nitrogen and oxygen atoms in total. The molecule has 0 atom stereocenters. The Hall–Kier alpha value is -1.52. The van der Waals surface area contributed by atoms with E-state index in [9.17, 15) is 14.3 Å². The smallest absolute Gasteiger partial charge is 0.163 e.